The van der Waals surface area contributed by atoms with E-state index < -0.39 is 5.97 Å². The number of methoxy groups -OCH3 is 1. The third kappa shape index (κ3) is 3.70. The van der Waals surface area contributed by atoms with Gasteiger partial charge in [0, 0.05) is 19.2 Å². The number of benzene rings is 1. The number of fused-ring (bicyclic) bond motifs is 1. The molecule has 0 aliphatic carbocycles. The Bertz CT molecular complexity index is 793. The van der Waals surface area contributed by atoms with Crippen molar-refractivity contribution in [2.45, 2.75) is 19.1 Å². The molecule has 26 heavy (non-hydrogen) atoms. The highest BCUT2D eigenvalue weighted by molar-refractivity contribution is 6.27. The van der Waals surface area contributed by atoms with E-state index in [1.54, 1.807) is 22.6 Å². The Labute approximate surface area is 157 Å². The van der Waals surface area contributed by atoms with Gasteiger partial charge in [0.15, 0.2) is 0 Å². The number of esters is 1. The number of halogens is 1. The Balaban J connectivity index is 1.73. The van der Waals surface area contributed by atoms with E-state index in [9.17, 15) is 9.59 Å². The quantitative estimate of drug-likeness (QED) is 0.573. The molecule has 3 rings (SSSR count). The predicted octanol–water partition coefficient (Wildman–Crippen LogP) is 2.38. The molecule has 1 aromatic carbocycles. The smallest absolute Gasteiger partial charge is 0.354 e. The Morgan fingerprint density at radius 1 is 1.31 bits per heavy atom. The highest BCUT2D eigenvalue weighted by Crippen LogP contribution is 2.28. The van der Waals surface area contributed by atoms with E-state index in [-0.39, 0.29) is 17.9 Å². The molecule has 0 bridgehead atoms. The number of para-hydroxylation sites is 1. The summed E-state index contributed by atoms with van der Waals surface area (Å²) in [4.78, 5) is 25.8. The maximum Gasteiger partial charge on any atom is 0.354 e. The number of alkyl halides is 1. The van der Waals surface area contributed by atoms with E-state index in [0.717, 1.165) is 23.4 Å². The van der Waals surface area contributed by atoms with Gasteiger partial charge in [0.2, 0.25) is 5.91 Å². The summed E-state index contributed by atoms with van der Waals surface area (Å²) in [6.45, 7) is 0.772. The van der Waals surface area contributed by atoms with Crippen LogP contribution in [-0.2, 0) is 29.5 Å². The fraction of sp³-hybridized carbons (Fsp3) is 0.368. The molecule has 138 valence electrons. The fourth-order valence-electron chi connectivity index (χ4n) is 3.16. The van der Waals surface area contributed by atoms with Gasteiger partial charge in [-0.3, -0.25) is 4.79 Å². The zero-order valence-corrected chi connectivity index (χ0v) is 15.5. The van der Waals surface area contributed by atoms with Crippen LogP contribution in [0, 0.1) is 0 Å². The highest BCUT2D eigenvalue weighted by Gasteiger charge is 2.27. The number of hydrogen-bond donors (Lipinski definition) is 0. The van der Waals surface area contributed by atoms with Crippen molar-refractivity contribution in [2.75, 3.05) is 19.5 Å². The summed E-state index contributed by atoms with van der Waals surface area (Å²) in [5.41, 5.74) is 2.40. The lowest BCUT2D eigenvalue weighted by molar-refractivity contribution is -0.130. The van der Waals surface area contributed by atoms with Gasteiger partial charge in [0.25, 0.3) is 0 Å². The van der Waals surface area contributed by atoms with Crippen molar-refractivity contribution in [2.24, 2.45) is 7.05 Å². The topological polar surface area (TPSA) is 60.8 Å². The normalized spacial score (nSPS) is 15.3. The van der Waals surface area contributed by atoms with Crippen molar-refractivity contribution in [3.05, 3.63) is 53.3 Å². The SMILES string of the molecule is COC(=O)c1ccc(CN(CC2Cc3ccccc3O2)C(=O)CCl)n1C. The molecule has 2 heterocycles. The molecule has 1 aliphatic rings. The van der Waals surface area contributed by atoms with Crippen molar-refractivity contribution in [1.29, 1.82) is 0 Å². The summed E-state index contributed by atoms with van der Waals surface area (Å²) >= 11 is 5.79. The lowest BCUT2D eigenvalue weighted by Gasteiger charge is -2.25. The second-order valence-corrected chi connectivity index (χ2v) is 6.49. The first-order valence-electron chi connectivity index (χ1n) is 8.34. The number of hydrogen-bond acceptors (Lipinski definition) is 4. The monoisotopic (exact) mass is 376 g/mol. The summed E-state index contributed by atoms with van der Waals surface area (Å²) in [5.74, 6) is 0.173. The van der Waals surface area contributed by atoms with Crippen LogP contribution in [0.25, 0.3) is 0 Å². The van der Waals surface area contributed by atoms with Crippen molar-refractivity contribution in [3.8, 4) is 5.75 Å². The van der Waals surface area contributed by atoms with Gasteiger partial charge in [0.1, 0.15) is 23.4 Å². The standard InChI is InChI=1S/C19H21ClN2O4/c1-21-14(7-8-16(21)19(24)25-2)11-22(18(23)10-20)12-15-9-13-5-3-4-6-17(13)26-15/h3-8,15H,9-12H2,1-2H3. The maximum atomic E-state index is 12.3. The van der Waals surface area contributed by atoms with Crippen LogP contribution in [0.5, 0.6) is 5.75 Å². The first kappa shape index (κ1) is 18.3. The molecular weight excluding hydrogens is 356 g/mol. The summed E-state index contributed by atoms with van der Waals surface area (Å²) in [6.07, 6.45) is 0.642. The summed E-state index contributed by atoms with van der Waals surface area (Å²) in [6, 6.07) is 11.4. The van der Waals surface area contributed by atoms with Gasteiger partial charge in [-0.05, 0) is 23.8 Å². The van der Waals surface area contributed by atoms with Crippen molar-refractivity contribution in [1.82, 2.24) is 9.47 Å². The lowest BCUT2D eigenvalue weighted by Crippen LogP contribution is -2.39. The zero-order valence-electron chi connectivity index (χ0n) is 14.8. The minimum atomic E-state index is -0.413. The largest absolute Gasteiger partial charge is 0.488 e. The molecule has 7 heteroatoms. The maximum absolute atomic E-state index is 12.3. The van der Waals surface area contributed by atoms with Crippen LogP contribution in [0.3, 0.4) is 0 Å². The molecule has 0 spiro atoms. The molecule has 2 aromatic rings. The van der Waals surface area contributed by atoms with Gasteiger partial charge in [-0.1, -0.05) is 18.2 Å². The van der Waals surface area contributed by atoms with E-state index in [1.165, 1.54) is 7.11 Å². The van der Waals surface area contributed by atoms with Gasteiger partial charge in [-0.2, -0.15) is 0 Å². The Hall–Kier alpha value is -2.47. The van der Waals surface area contributed by atoms with Gasteiger partial charge >= 0.3 is 5.97 Å². The average Bonchev–Trinajstić information content (AvgIpc) is 3.23. The predicted molar refractivity (Wildman–Crippen MR) is 97.5 cm³/mol. The van der Waals surface area contributed by atoms with E-state index >= 15 is 0 Å². The number of nitrogens with zero attached hydrogens (tertiary/aromatic N) is 2. The minimum Gasteiger partial charge on any atom is -0.488 e. The van der Waals surface area contributed by atoms with Crippen LogP contribution in [0.4, 0.5) is 0 Å². The second kappa shape index (κ2) is 7.83. The second-order valence-electron chi connectivity index (χ2n) is 6.22. The van der Waals surface area contributed by atoms with E-state index in [4.69, 9.17) is 21.1 Å². The molecule has 1 aromatic heterocycles. The van der Waals surface area contributed by atoms with Gasteiger partial charge < -0.3 is 18.9 Å². The van der Waals surface area contributed by atoms with Gasteiger partial charge in [0.05, 0.1) is 20.2 Å². The zero-order chi connectivity index (χ0) is 18.7. The Kier molecular flexibility index (Phi) is 5.52. The molecule has 0 saturated carbocycles. The number of amides is 1. The Morgan fingerprint density at radius 3 is 2.77 bits per heavy atom. The van der Waals surface area contributed by atoms with Crippen LogP contribution >= 0.6 is 11.6 Å². The van der Waals surface area contributed by atoms with Crippen molar-refractivity contribution in [3.63, 3.8) is 0 Å². The first-order chi connectivity index (χ1) is 12.5. The third-order valence-corrected chi connectivity index (χ3v) is 4.81. The molecule has 0 saturated heterocycles. The third-order valence-electron chi connectivity index (χ3n) is 4.58. The molecule has 0 fully saturated rings. The van der Waals surface area contributed by atoms with E-state index in [1.807, 2.05) is 30.3 Å². The molecular formula is C19H21ClN2O4. The molecule has 0 N–H and O–H groups in total. The number of aromatic nitrogens is 1. The van der Waals surface area contributed by atoms with Gasteiger partial charge in [-0.25, -0.2) is 4.79 Å². The van der Waals surface area contributed by atoms with Crippen LogP contribution in [0.15, 0.2) is 36.4 Å². The summed E-state index contributed by atoms with van der Waals surface area (Å²) in [5, 5.41) is 0. The lowest BCUT2D eigenvalue weighted by atomic mass is 10.1. The summed E-state index contributed by atoms with van der Waals surface area (Å²) in [7, 11) is 3.11. The number of carbonyl (C=O) groups is 2. The van der Waals surface area contributed by atoms with Crippen LogP contribution in [-0.4, -0.2) is 47.0 Å². The van der Waals surface area contributed by atoms with Crippen molar-refractivity contribution < 1.29 is 19.1 Å². The number of ether oxygens (including phenoxy) is 2. The molecule has 1 atom stereocenters. The van der Waals surface area contributed by atoms with E-state index in [2.05, 4.69) is 0 Å². The minimum absolute atomic E-state index is 0.103. The molecule has 6 nitrogen and oxygen atoms in total. The molecule has 1 unspecified atom stereocenters. The average molecular weight is 377 g/mol. The number of rotatable bonds is 6. The molecule has 1 amide bonds. The van der Waals surface area contributed by atoms with Crippen molar-refractivity contribution >= 4 is 23.5 Å². The van der Waals surface area contributed by atoms with E-state index in [0.29, 0.717) is 18.8 Å². The molecule has 0 radical (unpaired) electrons. The number of carbonyl (C=O) groups excluding carboxylic acids is 2. The molecule has 1 aliphatic heterocycles. The highest BCUT2D eigenvalue weighted by atomic mass is 35.5. The van der Waals surface area contributed by atoms with Crippen LogP contribution < -0.4 is 4.74 Å². The van der Waals surface area contributed by atoms with Gasteiger partial charge in [-0.15, -0.1) is 11.6 Å². The summed E-state index contributed by atoms with van der Waals surface area (Å²) < 4.78 is 12.4. The first-order valence-corrected chi connectivity index (χ1v) is 8.88. The fourth-order valence-corrected chi connectivity index (χ4v) is 3.33. The van der Waals surface area contributed by atoms with Crippen LogP contribution in [0.1, 0.15) is 21.7 Å². The Morgan fingerprint density at radius 2 is 2.08 bits per heavy atom. The van der Waals surface area contributed by atoms with Crippen LogP contribution in [0.2, 0.25) is 0 Å².